The molecule has 4 aromatic carbocycles. The van der Waals surface area contributed by atoms with Gasteiger partial charge in [0.15, 0.2) is 0 Å². The molecule has 0 aromatic heterocycles. The van der Waals surface area contributed by atoms with E-state index in [1.807, 2.05) is 0 Å². The summed E-state index contributed by atoms with van der Waals surface area (Å²) in [7, 11) is 0. The van der Waals surface area contributed by atoms with Crippen LogP contribution in [-0.4, -0.2) is 0 Å². The molecule has 0 bridgehead atoms. The largest absolute Gasteiger partial charge is 0.398 e. The molecule has 0 amide bonds. The molecular formula is C29H27N. The molecule has 5 rings (SSSR count). The maximum absolute atomic E-state index is 6.65. The van der Waals surface area contributed by atoms with E-state index in [1.54, 1.807) is 0 Å². The third kappa shape index (κ3) is 2.55. The first kappa shape index (κ1) is 18.7. The molecule has 0 atom stereocenters. The van der Waals surface area contributed by atoms with Gasteiger partial charge < -0.3 is 5.73 Å². The summed E-state index contributed by atoms with van der Waals surface area (Å²) in [5.41, 5.74) is 20.3. The topological polar surface area (TPSA) is 26.0 Å². The Bertz CT molecular complexity index is 1280. The zero-order chi connectivity index (χ0) is 21.0. The molecule has 0 spiro atoms. The van der Waals surface area contributed by atoms with E-state index in [4.69, 9.17) is 5.73 Å². The Morgan fingerprint density at radius 1 is 0.600 bits per heavy atom. The van der Waals surface area contributed by atoms with Crippen LogP contribution in [0.4, 0.5) is 5.69 Å². The minimum Gasteiger partial charge on any atom is -0.398 e. The van der Waals surface area contributed by atoms with Crippen LogP contribution in [0.2, 0.25) is 0 Å². The van der Waals surface area contributed by atoms with Crippen LogP contribution in [0, 0.1) is 13.8 Å². The lowest BCUT2D eigenvalue weighted by Crippen LogP contribution is -2.17. The van der Waals surface area contributed by atoms with Crippen molar-refractivity contribution in [2.24, 2.45) is 0 Å². The highest BCUT2D eigenvalue weighted by Gasteiger charge is 2.38. The summed E-state index contributed by atoms with van der Waals surface area (Å²) in [6, 6.07) is 28.2. The van der Waals surface area contributed by atoms with Crippen LogP contribution in [0.5, 0.6) is 0 Å². The van der Waals surface area contributed by atoms with Crippen LogP contribution in [0.15, 0.2) is 78.9 Å². The van der Waals surface area contributed by atoms with Gasteiger partial charge in [0.2, 0.25) is 0 Å². The van der Waals surface area contributed by atoms with Crippen molar-refractivity contribution in [1.82, 2.24) is 0 Å². The van der Waals surface area contributed by atoms with E-state index in [-0.39, 0.29) is 5.41 Å². The molecule has 1 heteroatoms. The van der Waals surface area contributed by atoms with Crippen LogP contribution in [0.3, 0.4) is 0 Å². The van der Waals surface area contributed by atoms with E-state index in [1.165, 1.54) is 55.6 Å². The molecule has 4 aromatic rings. The fraction of sp³-hybridized carbons (Fsp3) is 0.172. The summed E-state index contributed by atoms with van der Waals surface area (Å²) in [6.07, 6.45) is 0. The van der Waals surface area contributed by atoms with E-state index in [9.17, 15) is 0 Å². The highest BCUT2D eigenvalue weighted by molar-refractivity contribution is 5.94. The monoisotopic (exact) mass is 389 g/mol. The van der Waals surface area contributed by atoms with Gasteiger partial charge in [0, 0.05) is 16.7 Å². The van der Waals surface area contributed by atoms with Gasteiger partial charge in [-0.15, -0.1) is 0 Å². The lowest BCUT2D eigenvalue weighted by Gasteiger charge is -2.26. The molecule has 30 heavy (non-hydrogen) atoms. The summed E-state index contributed by atoms with van der Waals surface area (Å²) < 4.78 is 0. The second kappa shape index (κ2) is 6.60. The minimum absolute atomic E-state index is 0.0882. The summed E-state index contributed by atoms with van der Waals surface area (Å²) in [4.78, 5) is 0. The molecule has 0 heterocycles. The molecule has 1 aliphatic carbocycles. The molecule has 148 valence electrons. The standard InChI is InChI=1S/C29H27N/c1-18-19(2)22(15-14-21(18)20-10-6-5-7-11-20)27-26(30)17-16-24-23-12-8-9-13-25(23)29(3,4)28(24)27/h5-17H,30H2,1-4H3. The predicted octanol–water partition coefficient (Wildman–Crippen LogP) is 7.53. The van der Waals surface area contributed by atoms with Crippen molar-refractivity contribution in [1.29, 1.82) is 0 Å². The van der Waals surface area contributed by atoms with Gasteiger partial charge in [0.05, 0.1) is 0 Å². The van der Waals surface area contributed by atoms with Crippen molar-refractivity contribution in [3.8, 4) is 33.4 Å². The highest BCUT2D eigenvalue weighted by atomic mass is 14.6. The number of anilines is 1. The van der Waals surface area contributed by atoms with Crippen molar-refractivity contribution in [2.75, 3.05) is 5.73 Å². The molecule has 0 aliphatic heterocycles. The lowest BCUT2D eigenvalue weighted by molar-refractivity contribution is 0.662. The zero-order valence-corrected chi connectivity index (χ0v) is 18.1. The summed E-state index contributed by atoms with van der Waals surface area (Å²) in [5, 5.41) is 0. The van der Waals surface area contributed by atoms with Crippen LogP contribution < -0.4 is 5.73 Å². The Hall–Kier alpha value is -3.32. The van der Waals surface area contributed by atoms with Gasteiger partial charge >= 0.3 is 0 Å². The van der Waals surface area contributed by atoms with Crippen molar-refractivity contribution in [3.63, 3.8) is 0 Å². The number of rotatable bonds is 2. The molecule has 1 nitrogen and oxygen atoms in total. The number of fused-ring (bicyclic) bond motifs is 3. The maximum atomic E-state index is 6.65. The number of hydrogen-bond acceptors (Lipinski definition) is 1. The van der Waals surface area contributed by atoms with Gasteiger partial charge in [-0.25, -0.2) is 0 Å². The van der Waals surface area contributed by atoms with E-state index in [2.05, 4.69) is 107 Å². The maximum Gasteiger partial charge on any atom is 0.0397 e. The Labute approximate surface area is 179 Å². The summed E-state index contributed by atoms with van der Waals surface area (Å²) in [6.45, 7) is 9.09. The number of nitrogens with two attached hydrogens (primary N) is 1. The molecule has 0 radical (unpaired) electrons. The van der Waals surface area contributed by atoms with Gasteiger partial charge in [0.25, 0.3) is 0 Å². The van der Waals surface area contributed by atoms with Crippen molar-refractivity contribution in [2.45, 2.75) is 33.1 Å². The summed E-state index contributed by atoms with van der Waals surface area (Å²) in [5.74, 6) is 0. The Balaban J connectivity index is 1.77. The minimum atomic E-state index is -0.0882. The molecule has 2 N–H and O–H groups in total. The van der Waals surface area contributed by atoms with Gasteiger partial charge in [-0.3, -0.25) is 0 Å². The first-order valence-corrected chi connectivity index (χ1v) is 10.6. The Morgan fingerprint density at radius 2 is 1.20 bits per heavy atom. The van der Waals surface area contributed by atoms with Crippen LogP contribution in [0.1, 0.15) is 36.1 Å². The van der Waals surface area contributed by atoms with E-state index >= 15 is 0 Å². The molecular weight excluding hydrogens is 362 g/mol. The highest BCUT2D eigenvalue weighted by Crippen LogP contribution is 2.54. The predicted molar refractivity (Wildman–Crippen MR) is 129 cm³/mol. The average molecular weight is 390 g/mol. The van der Waals surface area contributed by atoms with E-state index in [0.29, 0.717) is 0 Å². The van der Waals surface area contributed by atoms with Crippen molar-refractivity contribution < 1.29 is 0 Å². The second-order valence-electron chi connectivity index (χ2n) is 8.90. The van der Waals surface area contributed by atoms with Crippen LogP contribution >= 0.6 is 0 Å². The molecule has 1 aliphatic rings. The fourth-order valence-electron chi connectivity index (χ4n) is 5.20. The zero-order valence-electron chi connectivity index (χ0n) is 18.1. The van der Waals surface area contributed by atoms with Crippen molar-refractivity contribution in [3.05, 3.63) is 101 Å². The normalized spacial score (nSPS) is 13.7. The molecule has 0 fully saturated rings. The van der Waals surface area contributed by atoms with Crippen LogP contribution in [0.25, 0.3) is 33.4 Å². The fourth-order valence-corrected chi connectivity index (χ4v) is 5.20. The molecule has 0 saturated heterocycles. The SMILES string of the molecule is Cc1c(-c2ccccc2)ccc(-c2c(N)ccc3c2C(C)(C)c2ccccc2-3)c1C. The Morgan fingerprint density at radius 3 is 1.97 bits per heavy atom. The van der Waals surface area contributed by atoms with E-state index in [0.717, 1.165) is 5.69 Å². The quantitative estimate of drug-likeness (QED) is 0.352. The van der Waals surface area contributed by atoms with E-state index < -0.39 is 0 Å². The third-order valence-corrected chi connectivity index (χ3v) is 6.89. The third-order valence-electron chi connectivity index (χ3n) is 6.89. The second-order valence-corrected chi connectivity index (χ2v) is 8.90. The lowest BCUT2D eigenvalue weighted by atomic mass is 9.77. The number of benzene rings is 4. The number of nitrogen functional groups attached to an aromatic ring is 1. The smallest absolute Gasteiger partial charge is 0.0397 e. The Kier molecular flexibility index (Phi) is 4.11. The first-order valence-electron chi connectivity index (χ1n) is 10.6. The number of hydrogen-bond donors (Lipinski definition) is 1. The van der Waals surface area contributed by atoms with Gasteiger partial charge in [-0.1, -0.05) is 86.6 Å². The van der Waals surface area contributed by atoms with Gasteiger partial charge in [-0.05, 0) is 70.0 Å². The molecule has 0 unspecified atom stereocenters. The summed E-state index contributed by atoms with van der Waals surface area (Å²) >= 11 is 0. The van der Waals surface area contributed by atoms with Crippen molar-refractivity contribution >= 4 is 5.69 Å². The average Bonchev–Trinajstić information content (AvgIpc) is 2.99. The first-order chi connectivity index (χ1) is 14.4. The molecule has 0 saturated carbocycles. The van der Waals surface area contributed by atoms with Gasteiger partial charge in [0.1, 0.15) is 0 Å². The van der Waals surface area contributed by atoms with Gasteiger partial charge in [-0.2, -0.15) is 0 Å². The van der Waals surface area contributed by atoms with Crippen LogP contribution in [-0.2, 0) is 5.41 Å².